The third kappa shape index (κ3) is 6.94. The average molecular weight is 660 g/mol. The largest absolute Gasteiger partial charge is 0.494 e. The maximum absolute atomic E-state index is 5.52. The van der Waals surface area contributed by atoms with Crippen LogP contribution in [0, 0.1) is 13.8 Å². The standard InChI is InChI=1S/C23H22N2O.C15H13BrN2O/c1-4-26-21-9-7-17(8-10-21)22-13-19-12-20(14-24-23(19)25-22)18-6-5-15(2)16(3)11-18;1-2-19-13-5-3-10(4-6-13)14-8-11-7-12(16)9-17-15(11)18-14/h5-14H,4H2,1-3H3,(H,24,25);3-9H,2H2,1H3,(H,17,18). The van der Waals surface area contributed by atoms with E-state index >= 15 is 0 Å². The number of fused-ring (bicyclic) bond motifs is 2. The summed E-state index contributed by atoms with van der Waals surface area (Å²) in [4.78, 5) is 15.7. The molecule has 0 aliphatic rings. The SMILES string of the molecule is CCOc1ccc(-c2cc3cc(-c4ccc(C)c(C)c4)cnc3[nH]2)cc1.CCOc1ccc(-c2cc3cc(Br)cnc3[nH]2)cc1. The monoisotopic (exact) mass is 658 g/mol. The Morgan fingerprint density at radius 1 is 0.556 bits per heavy atom. The first kappa shape index (κ1) is 30.2. The lowest BCUT2D eigenvalue weighted by Gasteiger charge is -2.05. The molecule has 0 aliphatic heterocycles. The molecule has 226 valence electrons. The highest BCUT2D eigenvalue weighted by Gasteiger charge is 2.08. The molecular formula is C38H35BrN4O2. The van der Waals surface area contributed by atoms with E-state index in [9.17, 15) is 0 Å². The zero-order chi connectivity index (χ0) is 31.3. The molecule has 2 N–H and O–H groups in total. The van der Waals surface area contributed by atoms with Gasteiger partial charge in [0.25, 0.3) is 0 Å². The van der Waals surface area contributed by atoms with Gasteiger partial charge in [-0.15, -0.1) is 0 Å². The number of nitrogens with zero attached hydrogens (tertiary/aromatic N) is 2. The smallest absolute Gasteiger partial charge is 0.137 e. The predicted octanol–water partition coefficient (Wildman–Crippen LogP) is 10.3. The van der Waals surface area contributed by atoms with Gasteiger partial charge in [0, 0.05) is 44.6 Å². The molecule has 0 saturated heterocycles. The normalized spacial score (nSPS) is 11.0. The second-order valence-electron chi connectivity index (χ2n) is 10.8. The van der Waals surface area contributed by atoms with Crippen molar-refractivity contribution in [2.24, 2.45) is 0 Å². The molecule has 0 aliphatic carbocycles. The fourth-order valence-electron chi connectivity index (χ4n) is 5.19. The number of H-pyrrole nitrogens is 2. The fraction of sp³-hybridized carbons (Fsp3) is 0.158. The van der Waals surface area contributed by atoms with E-state index in [0.717, 1.165) is 66.1 Å². The number of rotatable bonds is 7. The molecule has 3 aromatic carbocycles. The van der Waals surface area contributed by atoms with Crippen LogP contribution in [-0.4, -0.2) is 33.1 Å². The first-order chi connectivity index (χ1) is 21.9. The number of hydrogen-bond donors (Lipinski definition) is 2. The highest BCUT2D eigenvalue weighted by atomic mass is 79.9. The maximum atomic E-state index is 5.52. The van der Waals surface area contributed by atoms with Gasteiger partial charge in [-0.1, -0.05) is 18.2 Å². The molecule has 0 saturated carbocycles. The Bertz CT molecular complexity index is 2060. The van der Waals surface area contributed by atoms with Gasteiger partial charge in [0.15, 0.2) is 0 Å². The topological polar surface area (TPSA) is 75.8 Å². The van der Waals surface area contributed by atoms with Crippen molar-refractivity contribution in [3.05, 3.63) is 119 Å². The lowest BCUT2D eigenvalue weighted by atomic mass is 10.0. The van der Waals surface area contributed by atoms with Crippen LogP contribution in [0.1, 0.15) is 25.0 Å². The number of aromatic nitrogens is 4. The molecule has 0 bridgehead atoms. The van der Waals surface area contributed by atoms with E-state index < -0.39 is 0 Å². The van der Waals surface area contributed by atoms with E-state index in [0.29, 0.717) is 13.2 Å². The van der Waals surface area contributed by atoms with Crippen LogP contribution in [0.3, 0.4) is 0 Å². The van der Waals surface area contributed by atoms with Crippen molar-refractivity contribution in [3.63, 3.8) is 0 Å². The van der Waals surface area contributed by atoms with E-state index in [4.69, 9.17) is 9.47 Å². The molecule has 4 aromatic heterocycles. The number of ether oxygens (including phenoxy) is 2. The number of hydrogen-bond acceptors (Lipinski definition) is 4. The summed E-state index contributed by atoms with van der Waals surface area (Å²) in [6.45, 7) is 9.61. The summed E-state index contributed by atoms with van der Waals surface area (Å²) < 4.78 is 11.9. The van der Waals surface area contributed by atoms with Crippen molar-refractivity contribution in [3.8, 4) is 45.1 Å². The van der Waals surface area contributed by atoms with Crippen LogP contribution < -0.4 is 9.47 Å². The summed E-state index contributed by atoms with van der Waals surface area (Å²) >= 11 is 3.43. The van der Waals surface area contributed by atoms with Crippen LogP contribution in [0.15, 0.2) is 108 Å². The van der Waals surface area contributed by atoms with Gasteiger partial charge in [0.1, 0.15) is 22.8 Å². The molecule has 7 rings (SSSR count). The second kappa shape index (κ2) is 13.4. The van der Waals surface area contributed by atoms with E-state index in [1.165, 1.54) is 16.7 Å². The van der Waals surface area contributed by atoms with Crippen molar-refractivity contribution in [2.75, 3.05) is 13.2 Å². The van der Waals surface area contributed by atoms with Gasteiger partial charge in [-0.3, -0.25) is 0 Å². The summed E-state index contributed by atoms with van der Waals surface area (Å²) in [6, 6.07) is 31.2. The molecule has 4 heterocycles. The number of nitrogens with one attached hydrogen (secondary N) is 2. The molecular weight excluding hydrogens is 624 g/mol. The van der Waals surface area contributed by atoms with Crippen LogP contribution in [0.5, 0.6) is 11.5 Å². The molecule has 0 radical (unpaired) electrons. The van der Waals surface area contributed by atoms with Crippen LogP contribution in [0.4, 0.5) is 0 Å². The first-order valence-corrected chi connectivity index (χ1v) is 15.9. The van der Waals surface area contributed by atoms with Gasteiger partial charge >= 0.3 is 0 Å². The summed E-state index contributed by atoms with van der Waals surface area (Å²) in [5.74, 6) is 1.78. The predicted molar refractivity (Wildman–Crippen MR) is 188 cm³/mol. The molecule has 0 spiro atoms. The van der Waals surface area contributed by atoms with Gasteiger partial charge < -0.3 is 19.4 Å². The minimum atomic E-state index is 0.677. The zero-order valence-corrected chi connectivity index (χ0v) is 27.4. The molecule has 45 heavy (non-hydrogen) atoms. The lowest BCUT2D eigenvalue weighted by molar-refractivity contribution is 0.340. The molecule has 0 amide bonds. The van der Waals surface area contributed by atoms with Crippen molar-refractivity contribution < 1.29 is 9.47 Å². The van der Waals surface area contributed by atoms with Crippen LogP contribution in [0.25, 0.3) is 55.7 Å². The van der Waals surface area contributed by atoms with Crippen LogP contribution in [-0.2, 0) is 0 Å². The third-order valence-electron chi connectivity index (χ3n) is 7.70. The van der Waals surface area contributed by atoms with E-state index in [1.54, 1.807) is 6.20 Å². The Hall–Kier alpha value is -4.88. The number of aryl methyl sites for hydroxylation is 2. The number of benzene rings is 3. The van der Waals surface area contributed by atoms with Crippen molar-refractivity contribution >= 4 is 38.0 Å². The fourth-order valence-corrected chi connectivity index (χ4v) is 5.54. The summed E-state index contributed by atoms with van der Waals surface area (Å²) in [5.41, 5.74) is 11.1. The Balaban J connectivity index is 0.000000167. The van der Waals surface area contributed by atoms with Crippen molar-refractivity contribution in [1.82, 2.24) is 19.9 Å². The average Bonchev–Trinajstić information content (AvgIpc) is 3.68. The zero-order valence-electron chi connectivity index (χ0n) is 25.8. The van der Waals surface area contributed by atoms with Crippen molar-refractivity contribution in [2.45, 2.75) is 27.7 Å². The summed E-state index contributed by atoms with van der Waals surface area (Å²) in [5, 5.41) is 2.21. The summed E-state index contributed by atoms with van der Waals surface area (Å²) in [7, 11) is 0. The van der Waals surface area contributed by atoms with Gasteiger partial charge in [-0.2, -0.15) is 0 Å². The number of aromatic amines is 2. The highest BCUT2D eigenvalue weighted by Crippen LogP contribution is 2.29. The first-order valence-electron chi connectivity index (χ1n) is 15.1. The quantitative estimate of drug-likeness (QED) is 0.179. The van der Waals surface area contributed by atoms with Crippen molar-refractivity contribution in [1.29, 1.82) is 0 Å². The van der Waals surface area contributed by atoms with Gasteiger partial charge in [0.2, 0.25) is 0 Å². The van der Waals surface area contributed by atoms with Gasteiger partial charge in [-0.05, 0) is 144 Å². The Morgan fingerprint density at radius 3 is 1.60 bits per heavy atom. The summed E-state index contributed by atoms with van der Waals surface area (Å²) in [6.07, 6.45) is 3.73. The lowest BCUT2D eigenvalue weighted by Crippen LogP contribution is -1.90. The third-order valence-corrected chi connectivity index (χ3v) is 8.13. The molecule has 0 fully saturated rings. The van der Waals surface area contributed by atoms with Crippen LogP contribution >= 0.6 is 15.9 Å². The second-order valence-corrected chi connectivity index (χ2v) is 11.7. The molecule has 0 atom stereocenters. The molecule has 7 aromatic rings. The molecule has 0 unspecified atom stereocenters. The van der Waals surface area contributed by atoms with Gasteiger partial charge in [0.05, 0.1) is 13.2 Å². The minimum absolute atomic E-state index is 0.677. The van der Waals surface area contributed by atoms with E-state index in [-0.39, 0.29) is 0 Å². The highest BCUT2D eigenvalue weighted by molar-refractivity contribution is 9.10. The molecule has 6 nitrogen and oxygen atoms in total. The Labute approximate surface area is 271 Å². The minimum Gasteiger partial charge on any atom is -0.494 e. The Kier molecular flexibility index (Phi) is 8.98. The number of halogens is 1. The van der Waals surface area contributed by atoms with Gasteiger partial charge in [-0.25, -0.2) is 9.97 Å². The van der Waals surface area contributed by atoms with E-state index in [2.05, 4.69) is 104 Å². The Morgan fingerprint density at radius 2 is 1.07 bits per heavy atom. The van der Waals surface area contributed by atoms with E-state index in [1.807, 2.05) is 56.4 Å². The molecule has 7 heteroatoms. The van der Waals surface area contributed by atoms with Crippen LogP contribution in [0.2, 0.25) is 0 Å². The maximum Gasteiger partial charge on any atom is 0.137 e. The number of pyridine rings is 2.